The lowest BCUT2D eigenvalue weighted by Crippen LogP contribution is -2.14. The number of aromatic carboxylic acids is 1. The maximum absolute atomic E-state index is 12.0. The zero-order chi connectivity index (χ0) is 16.8. The second-order valence-electron chi connectivity index (χ2n) is 5.78. The minimum absolute atomic E-state index is 0.0312. The van der Waals surface area contributed by atoms with E-state index in [-0.39, 0.29) is 16.6 Å². The van der Waals surface area contributed by atoms with Gasteiger partial charge in [0.15, 0.2) is 0 Å². The predicted molar refractivity (Wildman–Crippen MR) is 86.6 cm³/mol. The molecule has 0 fully saturated rings. The number of benzene rings is 1. The predicted octanol–water partition coefficient (Wildman–Crippen LogP) is 1.83. The summed E-state index contributed by atoms with van der Waals surface area (Å²) in [6, 6.07) is 5.08. The molecule has 6 heteroatoms. The number of rotatable bonds is 1. The third kappa shape index (κ3) is 2.70. The van der Waals surface area contributed by atoms with E-state index in [9.17, 15) is 19.8 Å². The van der Waals surface area contributed by atoms with Crippen molar-refractivity contribution in [3.63, 3.8) is 0 Å². The lowest BCUT2D eigenvalue weighted by molar-refractivity contribution is 0.0699. The SMILES string of the molecule is CC(C)(O)C#Cc1ccc2[nH]c(=O)c3[nH]cc(C(=O)O)c3c2c1. The second kappa shape index (κ2) is 5.00. The number of aromatic amines is 2. The van der Waals surface area contributed by atoms with Crippen LogP contribution in [0.5, 0.6) is 0 Å². The molecule has 0 amide bonds. The molecule has 116 valence electrons. The standard InChI is InChI=1S/C17H14N2O4/c1-17(2,23)6-5-9-3-4-12-10(7-9)13-11(16(21)22)8-18-14(13)15(20)19-12/h3-4,7-8,18,23H,1-2H3,(H,19,20)(H,21,22). The minimum atomic E-state index is -1.13. The molecule has 6 nitrogen and oxygen atoms in total. The molecule has 0 saturated heterocycles. The van der Waals surface area contributed by atoms with E-state index in [1.807, 2.05) is 0 Å². The summed E-state index contributed by atoms with van der Waals surface area (Å²) in [5.74, 6) is 4.44. The molecule has 3 rings (SSSR count). The van der Waals surface area contributed by atoms with Gasteiger partial charge < -0.3 is 20.2 Å². The van der Waals surface area contributed by atoms with E-state index in [0.29, 0.717) is 21.9 Å². The fourth-order valence-electron chi connectivity index (χ4n) is 2.40. The quantitative estimate of drug-likeness (QED) is 0.514. The second-order valence-corrected chi connectivity index (χ2v) is 5.78. The van der Waals surface area contributed by atoms with Crippen LogP contribution in [0.3, 0.4) is 0 Å². The Morgan fingerprint density at radius 3 is 2.70 bits per heavy atom. The first-order valence-electron chi connectivity index (χ1n) is 6.92. The lowest BCUT2D eigenvalue weighted by atomic mass is 10.0. The lowest BCUT2D eigenvalue weighted by Gasteiger charge is -2.06. The Bertz CT molecular complexity index is 1060. The van der Waals surface area contributed by atoms with Gasteiger partial charge in [-0.3, -0.25) is 4.79 Å². The van der Waals surface area contributed by atoms with Gasteiger partial charge in [0, 0.05) is 28.0 Å². The fourth-order valence-corrected chi connectivity index (χ4v) is 2.40. The van der Waals surface area contributed by atoms with E-state index >= 15 is 0 Å². The van der Waals surface area contributed by atoms with Gasteiger partial charge in [-0.2, -0.15) is 0 Å². The molecule has 2 aromatic heterocycles. The van der Waals surface area contributed by atoms with Crippen LogP contribution in [0.1, 0.15) is 29.8 Å². The summed E-state index contributed by atoms with van der Waals surface area (Å²) in [6.45, 7) is 3.15. The number of carboxylic acid groups (broad SMARTS) is 1. The molecule has 23 heavy (non-hydrogen) atoms. The molecule has 1 aromatic carbocycles. The van der Waals surface area contributed by atoms with Crippen LogP contribution in [0.25, 0.3) is 21.8 Å². The smallest absolute Gasteiger partial charge is 0.337 e. The Kier molecular flexibility index (Phi) is 3.24. The van der Waals surface area contributed by atoms with Crippen molar-refractivity contribution in [3.8, 4) is 11.8 Å². The highest BCUT2D eigenvalue weighted by Crippen LogP contribution is 2.25. The van der Waals surface area contributed by atoms with Crippen molar-refractivity contribution in [1.82, 2.24) is 9.97 Å². The van der Waals surface area contributed by atoms with Crippen molar-refractivity contribution in [2.45, 2.75) is 19.4 Å². The van der Waals surface area contributed by atoms with Crippen LogP contribution in [0, 0.1) is 11.8 Å². The van der Waals surface area contributed by atoms with E-state index in [1.54, 1.807) is 32.0 Å². The van der Waals surface area contributed by atoms with Crippen LogP contribution in [0.2, 0.25) is 0 Å². The van der Waals surface area contributed by atoms with E-state index < -0.39 is 11.6 Å². The molecule has 0 saturated carbocycles. The number of aliphatic hydroxyl groups is 1. The summed E-state index contributed by atoms with van der Waals surface area (Å²) in [4.78, 5) is 28.8. The van der Waals surface area contributed by atoms with Gasteiger partial charge in [-0.05, 0) is 32.0 Å². The molecule has 0 spiro atoms. The minimum Gasteiger partial charge on any atom is -0.478 e. The van der Waals surface area contributed by atoms with Gasteiger partial charge in [-0.15, -0.1) is 0 Å². The van der Waals surface area contributed by atoms with Crippen LogP contribution in [-0.4, -0.2) is 31.8 Å². The van der Waals surface area contributed by atoms with Crippen LogP contribution in [0.4, 0.5) is 0 Å². The van der Waals surface area contributed by atoms with Crippen LogP contribution < -0.4 is 5.56 Å². The fraction of sp³-hybridized carbons (Fsp3) is 0.176. The van der Waals surface area contributed by atoms with Gasteiger partial charge in [-0.1, -0.05) is 11.8 Å². The van der Waals surface area contributed by atoms with Crippen molar-refractivity contribution in [2.75, 3.05) is 0 Å². The largest absolute Gasteiger partial charge is 0.478 e. The van der Waals surface area contributed by atoms with Crippen molar-refractivity contribution in [2.24, 2.45) is 0 Å². The maximum Gasteiger partial charge on any atom is 0.337 e. The number of hydrogen-bond donors (Lipinski definition) is 4. The van der Waals surface area contributed by atoms with Gasteiger partial charge in [0.2, 0.25) is 0 Å². The summed E-state index contributed by atoms with van der Waals surface area (Å²) in [7, 11) is 0. The number of H-pyrrole nitrogens is 2. The Balaban J connectivity index is 2.36. The Morgan fingerprint density at radius 2 is 2.04 bits per heavy atom. The van der Waals surface area contributed by atoms with Crippen molar-refractivity contribution < 1.29 is 15.0 Å². The third-order valence-electron chi connectivity index (χ3n) is 3.39. The molecule has 0 bridgehead atoms. The van der Waals surface area contributed by atoms with E-state index in [1.165, 1.54) is 6.20 Å². The molecule has 2 heterocycles. The molecule has 0 aliphatic heterocycles. The first-order chi connectivity index (χ1) is 10.8. The number of hydrogen-bond acceptors (Lipinski definition) is 3. The molecular weight excluding hydrogens is 296 g/mol. The Labute approximate surface area is 130 Å². The number of aromatic nitrogens is 2. The van der Waals surface area contributed by atoms with Crippen molar-refractivity contribution in [3.05, 3.63) is 45.9 Å². The average molecular weight is 310 g/mol. The van der Waals surface area contributed by atoms with Gasteiger partial charge in [0.25, 0.3) is 5.56 Å². The zero-order valence-electron chi connectivity index (χ0n) is 12.5. The molecule has 0 atom stereocenters. The number of carbonyl (C=O) groups is 1. The number of fused-ring (bicyclic) bond motifs is 3. The maximum atomic E-state index is 12.0. The van der Waals surface area contributed by atoms with Crippen LogP contribution in [0.15, 0.2) is 29.2 Å². The van der Waals surface area contributed by atoms with Crippen LogP contribution in [-0.2, 0) is 0 Å². The summed E-state index contributed by atoms with van der Waals surface area (Å²) in [6.07, 6.45) is 1.30. The normalized spacial score (nSPS) is 11.4. The highest BCUT2D eigenvalue weighted by molar-refractivity contribution is 6.14. The Hall–Kier alpha value is -3.04. The monoisotopic (exact) mass is 310 g/mol. The van der Waals surface area contributed by atoms with Gasteiger partial charge in [0.05, 0.1) is 5.56 Å². The van der Waals surface area contributed by atoms with Gasteiger partial charge in [-0.25, -0.2) is 4.79 Å². The van der Waals surface area contributed by atoms with E-state index in [4.69, 9.17) is 0 Å². The topological polar surface area (TPSA) is 106 Å². The highest BCUT2D eigenvalue weighted by Gasteiger charge is 2.16. The molecule has 0 radical (unpaired) electrons. The first-order valence-corrected chi connectivity index (χ1v) is 6.92. The number of carboxylic acids is 1. The third-order valence-corrected chi connectivity index (χ3v) is 3.39. The number of nitrogens with one attached hydrogen (secondary N) is 2. The molecule has 3 aromatic rings. The average Bonchev–Trinajstić information content (AvgIpc) is 2.90. The van der Waals surface area contributed by atoms with Gasteiger partial charge >= 0.3 is 5.97 Å². The summed E-state index contributed by atoms with van der Waals surface area (Å²) in [5, 5.41) is 19.9. The van der Waals surface area contributed by atoms with E-state index in [0.717, 1.165) is 0 Å². The first kappa shape index (κ1) is 14.9. The van der Waals surface area contributed by atoms with E-state index in [2.05, 4.69) is 21.8 Å². The molecule has 0 unspecified atom stereocenters. The summed E-state index contributed by atoms with van der Waals surface area (Å²) < 4.78 is 0. The van der Waals surface area contributed by atoms with Crippen molar-refractivity contribution >= 4 is 27.8 Å². The summed E-state index contributed by atoms with van der Waals surface area (Å²) in [5.41, 5.74) is -0.124. The highest BCUT2D eigenvalue weighted by atomic mass is 16.4. The zero-order valence-corrected chi connectivity index (χ0v) is 12.5. The summed E-state index contributed by atoms with van der Waals surface area (Å²) >= 11 is 0. The molecule has 0 aliphatic carbocycles. The van der Waals surface area contributed by atoms with Gasteiger partial charge in [0.1, 0.15) is 11.1 Å². The Morgan fingerprint density at radius 1 is 1.30 bits per heavy atom. The molecule has 4 N–H and O–H groups in total. The van der Waals surface area contributed by atoms with Crippen molar-refractivity contribution in [1.29, 1.82) is 0 Å². The van der Waals surface area contributed by atoms with Crippen LogP contribution >= 0.6 is 0 Å². The number of pyridine rings is 1. The molecular formula is C17H14N2O4. The molecule has 0 aliphatic rings.